The minimum absolute atomic E-state index is 0.00570. The minimum Gasteiger partial charge on any atom is -0.493 e. The normalized spacial score (nSPS) is 11.4. The van der Waals surface area contributed by atoms with Gasteiger partial charge in [-0.15, -0.1) is 0 Å². The molecule has 8 heteroatoms. The maximum Gasteiger partial charge on any atom is 0.339 e. The van der Waals surface area contributed by atoms with Crippen molar-refractivity contribution in [3.8, 4) is 11.5 Å². The number of nitrogens with one attached hydrogen (secondary N) is 1. The Morgan fingerprint density at radius 1 is 0.848 bits per heavy atom. The van der Waals surface area contributed by atoms with Gasteiger partial charge in [0.25, 0.3) is 5.91 Å². The third kappa shape index (κ3) is 5.19. The van der Waals surface area contributed by atoms with Crippen LogP contribution < -0.4 is 14.3 Å². The Morgan fingerprint density at radius 3 is 2.33 bits per heavy atom. The van der Waals surface area contributed by atoms with Gasteiger partial charge in [-0.3, -0.25) is 4.79 Å². The zero-order chi connectivity index (χ0) is 23.3. The fourth-order valence-corrected chi connectivity index (χ4v) is 4.11. The summed E-state index contributed by atoms with van der Waals surface area (Å²) in [6.45, 7) is 0. The van der Waals surface area contributed by atoms with Gasteiger partial charge in [0.05, 0.1) is 13.3 Å². The van der Waals surface area contributed by atoms with E-state index >= 15 is 0 Å². The van der Waals surface area contributed by atoms with E-state index in [1.807, 2.05) is 30.3 Å². The molecule has 0 heterocycles. The number of carbonyl (C=O) groups is 1. The van der Waals surface area contributed by atoms with Crippen LogP contribution in [0.25, 0.3) is 10.8 Å². The van der Waals surface area contributed by atoms with Crippen LogP contribution in [0.2, 0.25) is 0 Å². The van der Waals surface area contributed by atoms with Crippen LogP contribution in [0, 0.1) is 0 Å². The smallest absolute Gasteiger partial charge is 0.339 e. The van der Waals surface area contributed by atoms with Gasteiger partial charge >= 0.3 is 10.1 Å². The van der Waals surface area contributed by atoms with Crippen molar-refractivity contribution in [3.63, 3.8) is 0 Å². The van der Waals surface area contributed by atoms with Crippen LogP contribution in [0.4, 0.5) is 0 Å². The highest BCUT2D eigenvalue weighted by molar-refractivity contribution is 7.87. The summed E-state index contributed by atoms with van der Waals surface area (Å²) in [5.41, 5.74) is 3.45. The predicted molar refractivity (Wildman–Crippen MR) is 126 cm³/mol. The van der Waals surface area contributed by atoms with Crippen LogP contribution in [-0.2, 0) is 10.1 Å². The number of hydrogen-bond donors (Lipinski definition) is 1. The van der Waals surface area contributed by atoms with Crippen LogP contribution >= 0.6 is 0 Å². The number of methoxy groups -OCH3 is 1. The van der Waals surface area contributed by atoms with Crippen LogP contribution in [-0.4, -0.2) is 27.6 Å². The van der Waals surface area contributed by atoms with Gasteiger partial charge in [-0.2, -0.15) is 13.5 Å². The standard InChI is InChI=1S/C25H20N2O5S/c1-31-23-14-11-18(15-24(23)32-33(29,30)22-9-3-2-4-10-22)17-26-27-25(28)21-13-12-19-7-5-6-8-20(19)16-21/h2-17H,1H3,(H,27,28)/b26-17-. The molecule has 1 N–H and O–H groups in total. The van der Waals surface area contributed by atoms with Gasteiger partial charge < -0.3 is 8.92 Å². The Labute approximate surface area is 191 Å². The molecule has 0 aromatic heterocycles. The molecular weight excluding hydrogens is 440 g/mol. The molecular formula is C25H20N2O5S. The molecule has 166 valence electrons. The largest absolute Gasteiger partial charge is 0.493 e. The highest BCUT2D eigenvalue weighted by Gasteiger charge is 2.19. The third-order valence-corrected chi connectivity index (χ3v) is 6.06. The van der Waals surface area contributed by atoms with E-state index in [1.165, 1.54) is 31.5 Å². The summed E-state index contributed by atoms with van der Waals surface area (Å²) in [6.07, 6.45) is 1.39. The monoisotopic (exact) mass is 460 g/mol. The van der Waals surface area contributed by atoms with Gasteiger partial charge in [-0.05, 0) is 58.8 Å². The molecule has 1 amide bonds. The highest BCUT2D eigenvalue weighted by atomic mass is 32.2. The molecule has 0 radical (unpaired) electrons. The fourth-order valence-electron chi connectivity index (χ4n) is 3.15. The van der Waals surface area contributed by atoms with Crippen molar-refractivity contribution in [3.05, 3.63) is 102 Å². The van der Waals surface area contributed by atoms with Crippen molar-refractivity contribution in [1.29, 1.82) is 0 Å². The van der Waals surface area contributed by atoms with Crippen molar-refractivity contribution in [2.45, 2.75) is 4.90 Å². The molecule has 0 unspecified atom stereocenters. The number of ether oxygens (including phenoxy) is 1. The van der Waals surface area contributed by atoms with Crippen LogP contribution in [0.15, 0.2) is 101 Å². The van der Waals surface area contributed by atoms with Gasteiger partial charge in [-0.25, -0.2) is 5.43 Å². The number of rotatable bonds is 7. The summed E-state index contributed by atoms with van der Waals surface area (Å²) in [7, 11) is -2.63. The second-order valence-corrected chi connectivity index (χ2v) is 8.57. The molecule has 0 aliphatic carbocycles. The molecule has 33 heavy (non-hydrogen) atoms. The van der Waals surface area contributed by atoms with E-state index in [0.29, 0.717) is 11.1 Å². The molecule has 4 rings (SSSR count). The summed E-state index contributed by atoms with van der Waals surface area (Å²) in [5.74, 6) is -0.119. The number of amides is 1. The lowest BCUT2D eigenvalue weighted by Gasteiger charge is -2.11. The molecule has 0 atom stereocenters. The molecule has 0 saturated carbocycles. The third-order valence-electron chi connectivity index (χ3n) is 4.81. The minimum atomic E-state index is -4.04. The number of hydrogen-bond acceptors (Lipinski definition) is 6. The Hall–Kier alpha value is -4.17. The zero-order valence-electron chi connectivity index (χ0n) is 17.6. The Morgan fingerprint density at radius 2 is 1.58 bits per heavy atom. The zero-order valence-corrected chi connectivity index (χ0v) is 18.5. The van der Waals surface area contributed by atoms with Crippen molar-refractivity contribution in [2.24, 2.45) is 5.10 Å². The summed E-state index contributed by atoms with van der Waals surface area (Å²) in [4.78, 5) is 12.5. The quantitative estimate of drug-likeness (QED) is 0.251. The molecule has 4 aromatic carbocycles. The first-order chi connectivity index (χ1) is 16.0. The molecule has 0 fully saturated rings. The topological polar surface area (TPSA) is 94.1 Å². The van der Waals surface area contributed by atoms with Gasteiger partial charge in [0, 0.05) is 5.56 Å². The molecule has 0 aliphatic rings. The van der Waals surface area contributed by atoms with Crippen LogP contribution in [0.1, 0.15) is 15.9 Å². The van der Waals surface area contributed by atoms with Gasteiger partial charge in [0.1, 0.15) is 4.90 Å². The second-order valence-electron chi connectivity index (χ2n) is 7.02. The lowest BCUT2D eigenvalue weighted by atomic mass is 10.1. The van der Waals surface area contributed by atoms with E-state index < -0.39 is 10.1 Å². The van der Waals surface area contributed by atoms with E-state index in [1.54, 1.807) is 42.5 Å². The maximum absolute atomic E-state index is 12.6. The fraction of sp³-hybridized carbons (Fsp3) is 0.0400. The van der Waals surface area contributed by atoms with Crippen molar-refractivity contribution in [2.75, 3.05) is 7.11 Å². The molecule has 0 bridgehead atoms. The summed E-state index contributed by atoms with van der Waals surface area (Å²) in [5, 5.41) is 5.96. The average molecular weight is 461 g/mol. The lowest BCUT2D eigenvalue weighted by molar-refractivity contribution is 0.0955. The molecule has 0 saturated heterocycles. The van der Waals surface area contributed by atoms with Crippen LogP contribution in [0.3, 0.4) is 0 Å². The van der Waals surface area contributed by atoms with E-state index in [2.05, 4.69) is 10.5 Å². The maximum atomic E-state index is 12.6. The summed E-state index contributed by atoms with van der Waals surface area (Å²) in [6, 6.07) is 25.6. The first kappa shape index (κ1) is 22.0. The van der Waals surface area contributed by atoms with Crippen molar-refractivity contribution >= 4 is 33.0 Å². The molecule has 4 aromatic rings. The Balaban J connectivity index is 1.50. The van der Waals surface area contributed by atoms with Crippen molar-refractivity contribution < 1.29 is 22.1 Å². The number of hydrazone groups is 1. The second kappa shape index (κ2) is 9.54. The van der Waals surface area contributed by atoms with Crippen LogP contribution in [0.5, 0.6) is 11.5 Å². The highest BCUT2D eigenvalue weighted by Crippen LogP contribution is 2.30. The SMILES string of the molecule is COc1ccc(/C=N\NC(=O)c2ccc3ccccc3c2)cc1OS(=O)(=O)c1ccccc1. The Kier molecular flexibility index (Phi) is 6.37. The average Bonchev–Trinajstić information content (AvgIpc) is 2.84. The Bertz CT molecular complexity index is 1430. The number of nitrogens with zero attached hydrogens (tertiary/aromatic N) is 1. The predicted octanol–water partition coefficient (Wildman–Crippen LogP) is 4.38. The summed E-state index contributed by atoms with van der Waals surface area (Å²) >= 11 is 0. The molecule has 0 spiro atoms. The number of fused-ring (bicyclic) bond motifs is 1. The van der Waals surface area contributed by atoms with E-state index in [4.69, 9.17) is 8.92 Å². The van der Waals surface area contributed by atoms with E-state index in [-0.39, 0.29) is 22.3 Å². The van der Waals surface area contributed by atoms with Crippen molar-refractivity contribution in [1.82, 2.24) is 5.43 Å². The van der Waals surface area contributed by atoms with E-state index in [0.717, 1.165) is 10.8 Å². The van der Waals surface area contributed by atoms with Gasteiger partial charge in [-0.1, -0.05) is 48.5 Å². The molecule has 0 aliphatic heterocycles. The van der Waals surface area contributed by atoms with Gasteiger partial charge in [0.15, 0.2) is 11.5 Å². The first-order valence-electron chi connectivity index (χ1n) is 9.96. The number of benzene rings is 4. The first-order valence-corrected chi connectivity index (χ1v) is 11.4. The lowest BCUT2D eigenvalue weighted by Crippen LogP contribution is -2.17. The molecule has 7 nitrogen and oxygen atoms in total. The van der Waals surface area contributed by atoms with Gasteiger partial charge in [0.2, 0.25) is 0 Å². The summed E-state index contributed by atoms with van der Waals surface area (Å²) < 4.78 is 35.6. The number of carbonyl (C=O) groups excluding carboxylic acids is 1. The van der Waals surface area contributed by atoms with E-state index in [9.17, 15) is 13.2 Å².